The first-order valence-electron chi connectivity index (χ1n) is 5.36. The van der Waals surface area contributed by atoms with Gasteiger partial charge < -0.3 is 14.3 Å². The van der Waals surface area contributed by atoms with E-state index in [1.165, 1.54) is 20.3 Å². The standard InChI is InChI=1S/C13H14O5/c1-17-12(15)10-6-9(4-3-5-14)7-11(8-10)13(16)18-2/h5-8H,3-4H2,1-2H3. The van der Waals surface area contributed by atoms with Crippen LogP contribution in [0.1, 0.15) is 32.7 Å². The fraction of sp³-hybridized carbons (Fsp3) is 0.308. The average molecular weight is 250 g/mol. The molecule has 0 unspecified atom stereocenters. The van der Waals surface area contributed by atoms with Crippen molar-refractivity contribution in [3.05, 3.63) is 34.9 Å². The van der Waals surface area contributed by atoms with E-state index < -0.39 is 11.9 Å². The van der Waals surface area contributed by atoms with Crippen LogP contribution in [0.5, 0.6) is 0 Å². The molecule has 0 fully saturated rings. The molecular formula is C13H14O5. The van der Waals surface area contributed by atoms with E-state index >= 15 is 0 Å². The van der Waals surface area contributed by atoms with Crippen molar-refractivity contribution in [3.8, 4) is 0 Å². The molecule has 0 aliphatic rings. The van der Waals surface area contributed by atoms with Gasteiger partial charge in [0.25, 0.3) is 0 Å². The van der Waals surface area contributed by atoms with Crippen molar-refractivity contribution in [2.45, 2.75) is 12.8 Å². The zero-order valence-electron chi connectivity index (χ0n) is 10.3. The van der Waals surface area contributed by atoms with Crippen LogP contribution < -0.4 is 0 Å². The van der Waals surface area contributed by atoms with Crippen molar-refractivity contribution in [1.82, 2.24) is 0 Å². The lowest BCUT2D eigenvalue weighted by atomic mass is 10.0. The Morgan fingerprint density at radius 1 is 1.06 bits per heavy atom. The van der Waals surface area contributed by atoms with Crippen molar-refractivity contribution in [3.63, 3.8) is 0 Å². The summed E-state index contributed by atoms with van der Waals surface area (Å²) in [5.41, 5.74) is 1.24. The molecule has 5 nitrogen and oxygen atoms in total. The molecule has 0 radical (unpaired) electrons. The number of hydrogen-bond donors (Lipinski definition) is 0. The molecule has 96 valence electrons. The fourth-order valence-electron chi connectivity index (χ4n) is 1.53. The predicted octanol–water partition coefficient (Wildman–Crippen LogP) is 1.39. The summed E-state index contributed by atoms with van der Waals surface area (Å²) in [5, 5.41) is 0. The Bertz CT molecular complexity index is 430. The summed E-state index contributed by atoms with van der Waals surface area (Å²) < 4.78 is 9.21. The van der Waals surface area contributed by atoms with Crippen molar-refractivity contribution < 1.29 is 23.9 Å². The van der Waals surface area contributed by atoms with Gasteiger partial charge in [0.2, 0.25) is 0 Å². The summed E-state index contributed by atoms with van der Waals surface area (Å²) in [5.74, 6) is -1.07. The van der Waals surface area contributed by atoms with Gasteiger partial charge in [-0.1, -0.05) is 0 Å². The van der Waals surface area contributed by atoms with E-state index in [2.05, 4.69) is 9.47 Å². The van der Waals surface area contributed by atoms with Gasteiger partial charge in [0.05, 0.1) is 25.3 Å². The van der Waals surface area contributed by atoms with Crippen molar-refractivity contribution in [2.75, 3.05) is 14.2 Å². The second-order valence-electron chi connectivity index (χ2n) is 3.61. The number of rotatable bonds is 5. The summed E-state index contributed by atoms with van der Waals surface area (Å²) >= 11 is 0. The Morgan fingerprint density at radius 3 is 1.94 bits per heavy atom. The van der Waals surface area contributed by atoms with Gasteiger partial charge in [0, 0.05) is 6.42 Å². The molecule has 0 heterocycles. The summed E-state index contributed by atoms with van der Waals surface area (Å²) in [4.78, 5) is 33.3. The lowest BCUT2D eigenvalue weighted by Crippen LogP contribution is -2.08. The number of carbonyl (C=O) groups excluding carboxylic acids is 3. The van der Waals surface area contributed by atoms with Crippen LogP contribution in [0.25, 0.3) is 0 Å². The first kappa shape index (κ1) is 13.9. The Balaban J connectivity index is 3.14. The third-order valence-corrected chi connectivity index (χ3v) is 2.39. The zero-order valence-corrected chi connectivity index (χ0v) is 10.3. The van der Waals surface area contributed by atoms with Gasteiger partial charge in [0.1, 0.15) is 6.29 Å². The van der Waals surface area contributed by atoms with Gasteiger partial charge in [-0.15, -0.1) is 0 Å². The molecule has 1 aromatic carbocycles. The van der Waals surface area contributed by atoms with E-state index in [0.29, 0.717) is 18.4 Å². The number of benzene rings is 1. The molecule has 1 rings (SSSR count). The van der Waals surface area contributed by atoms with Crippen LogP contribution in [0.3, 0.4) is 0 Å². The van der Waals surface area contributed by atoms with Gasteiger partial charge >= 0.3 is 11.9 Å². The number of methoxy groups -OCH3 is 2. The van der Waals surface area contributed by atoms with Crippen LogP contribution in [-0.2, 0) is 20.7 Å². The topological polar surface area (TPSA) is 69.7 Å². The predicted molar refractivity (Wildman–Crippen MR) is 63.5 cm³/mol. The number of ether oxygens (including phenoxy) is 2. The van der Waals surface area contributed by atoms with Crippen molar-refractivity contribution in [2.24, 2.45) is 0 Å². The van der Waals surface area contributed by atoms with Gasteiger partial charge in [-0.3, -0.25) is 0 Å². The number of esters is 2. The molecule has 0 amide bonds. The lowest BCUT2D eigenvalue weighted by Gasteiger charge is -2.06. The van der Waals surface area contributed by atoms with E-state index in [0.717, 1.165) is 6.29 Å². The highest BCUT2D eigenvalue weighted by Crippen LogP contribution is 2.14. The molecule has 0 bridgehead atoms. The zero-order chi connectivity index (χ0) is 13.5. The monoisotopic (exact) mass is 250 g/mol. The third-order valence-electron chi connectivity index (χ3n) is 2.39. The molecule has 0 aromatic heterocycles. The molecule has 0 aliphatic heterocycles. The Hall–Kier alpha value is -2.17. The Morgan fingerprint density at radius 2 is 1.56 bits per heavy atom. The Labute approximate surface area is 105 Å². The minimum absolute atomic E-state index is 0.265. The van der Waals surface area contributed by atoms with Crippen LogP contribution in [0.4, 0.5) is 0 Å². The molecule has 0 atom stereocenters. The van der Waals surface area contributed by atoms with Gasteiger partial charge in [-0.2, -0.15) is 0 Å². The van der Waals surface area contributed by atoms with Gasteiger partial charge in [-0.05, 0) is 30.2 Å². The molecule has 5 heteroatoms. The number of hydrogen-bond acceptors (Lipinski definition) is 5. The molecule has 0 aliphatic carbocycles. The molecule has 1 aromatic rings. The highest BCUT2D eigenvalue weighted by atomic mass is 16.5. The first-order chi connectivity index (χ1) is 8.62. The average Bonchev–Trinajstić information content (AvgIpc) is 2.42. The maximum absolute atomic E-state index is 11.5. The molecule has 0 saturated carbocycles. The van der Waals surface area contributed by atoms with E-state index in [1.807, 2.05) is 0 Å². The highest BCUT2D eigenvalue weighted by Gasteiger charge is 2.13. The van der Waals surface area contributed by atoms with Crippen LogP contribution in [0.2, 0.25) is 0 Å². The molecule has 0 saturated heterocycles. The molecule has 18 heavy (non-hydrogen) atoms. The first-order valence-corrected chi connectivity index (χ1v) is 5.36. The summed E-state index contributed by atoms with van der Waals surface area (Å²) in [6.07, 6.45) is 1.56. The third kappa shape index (κ3) is 3.41. The van der Waals surface area contributed by atoms with Gasteiger partial charge in [-0.25, -0.2) is 9.59 Å². The fourth-order valence-corrected chi connectivity index (χ4v) is 1.53. The second-order valence-corrected chi connectivity index (χ2v) is 3.61. The van der Waals surface area contributed by atoms with Crippen LogP contribution in [0.15, 0.2) is 18.2 Å². The summed E-state index contributed by atoms with van der Waals surface area (Å²) in [6, 6.07) is 4.60. The van der Waals surface area contributed by atoms with E-state index in [9.17, 15) is 14.4 Å². The lowest BCUT2D eigenvalue weighted by molar-refractivity contribution is -0.107. The number of aldehydes is 1. The second kappa shape index (κ2) is 6.54. The van der Waals surface area contributed by atoms with Crippen molar-refractivity contribution >= 4 is 18.2 Å². The smallest absolute Gasteiger partial charge is 0.337 e. The number of aryl methyl sites for hydroxylation is 1. The number of carbonyl (C=O) groups is 3. The molecule has 0 N–H and O–H groups in total. The molecule has 0 spiro atoms. The van der Waals surface area contributed by atoms with Gasteiger partial charge in [0.15, 0.2) is 0 Å². The van der Waals surface area contributed by atoms with E-state index in [4.69, 9.17) is 0 Å². The van der Waals surface area contributed by atoms with Crippen LogP contribution >= 0.6 is 0 Å². The normalized spacial score (nSPS) is 9.67. The highest BCUT2D eigenvalue weighted by molar-refractivity contribution is 5.95. The SMILES string of the molecule is COC(=O)c1cc(CCC=O)cc(C(=O)OC)c1. The van der Waals surface area contributed by atoms with Crippen LogP contribution in [-0.4, -0.2) is 32.4 Å². The maximum Gasteiger partial charge on any atom is 0.337 e. The largest absolute Gasteiger partial charge is 0.465 e. The quantitative estimate of drug-likeness (QED) is 0.583. The Kier molecular flexibility index (Phi) is 5.05. The minimum atomic E-state index is -0.534. The van der Waals surface area contributed by atoms with E-state index in [-0.39, 0.29) is 11.1 Å². The summed E-state index contributed by atoms with van der Waals surface area (Å²) in [6.45, 7) is 0. The minimum Gasteiger partial charge on any atom is -0.465 e. The van der Waals surface area contributed by atoms with Crippen molar-refractivity contribution in [1.29, 1.82) is 0 Å². The molecular weight excluding hydrogens is 236 g/mol. The summed E-state index contributed by atoms with van der Waals surface area (Å²) in [7, 11) is 2.52. The maximum atomic E-state index is 11.5. The van der Waals surface area contributed by atoms with Crippen LogP contribution in [0, 0.1) is 0 Å². The van der Waals surface area contributed by atoms with E-state index in [1.54, 1.807) is 12.1 Å².